The fourth-order valence-corrected chi connectivity index (χ4v) is 1.54. The maximum atomic E-state index is 11.6. The molecule has 1 aromatic rings. The van der Waals surface area contributed by atoms with E-state index in [9.17, 15) is 9.59 Å². The van der Waals surface area contributed by atoms with E-state index in [-0.39, 0.29) is 0 Å². The number of esters is 1. The minimum Gasteiger partial charge on any atom is -0.497 e. The largest absolute Gasteiger partial charge is 0.497 e. The first kappa shape index (κ1) is 15.0. The Morgan fingerprint density at radius 3 is 2.63 bits per heavy atom. The average Bonchev–Trinajstić information content (AvgIpc) is 2.44. The first-order valence-corrected chi connectivity index (χ1v) is 6.12. The molecule has 5 nitrogen and oxygen atoms in total. The van der Waals surface area contributed by atoms with Crippen molar-refractivity contribution in [2.45, 2.75) is 26.4 Å². The summed E-state index contributed by atoms with van der Waals surface area (Å²) < 4.78 is 15.5. The number of ether oxygens (including phenoxy) is 3. The van der Waals surface area contributed by atoms with Crippen LogP contribution in [0.15, 0.2) is 18.2 Å². The third kappa shape index (κ3) is 3.98. The van der Waals surface area contributed by atoms with E-state index in [1.807, 2.05) is 6.92 Å². The summed E-state index contributed by atoms with van der Waals surface area (Å²) >= 11 is 0. The van der Waals surface area contributed by atoms with Gasteiger partial charge in [-0.2, -0.15) is 0 Å². The van der Waals surface area contributed by atoms with Crippen LogP contribution in [0.2, 0.25) is 0 Å². The Bertz CT molecular complexity index is 441. The van der Waals surface area contributed by atoms with E-state index >= 15 is 0 Å². The molecule has 19 heavy (non-hydrogen) atoms. The van der Waals surface area contributed by atoms with Gasteiger partial charge in [0.2, 0.25) is 0 Å². The molecule has 1 unspecified atom stereocenters. The van der Waals surface area contributed by atoms with E-state index in [1.54, 1.807) is 25.1 Å². The van der Waals surface area contributed by atoms with Crippen molar-refractivity contribution in [1.29, 1.82) is 0 Å². The Hall–Kier alpha value is -2.04. The molecule has 104 valence electrons. The molecule has 0 saturated carbocycles. The minimum atomic E-state index is -0.716. The Kier molecular flexibility index (Phi) is 5.85. The number of benzene rings is 1. The Labute approximate surface area is 112 Å². The van der Waals surface area contributed by atoms with Crippen molar-refractivity contribution in [3.05, 3.63) is 23.8 Å². The molecule has 0 aliphatic carbocycles. The minimum absolute atomic E-state index is 0.293. The lowest BCUT2D eigenvalue weighted by Gasteiger charge is -2.17. The molecular formula is C14H18O5. The molecule has 0 aliphatic rings. The highest BCUT2D eigenvalue weighted by molar-refractivity contribution is 5.81. The zero-order chi connectivity index (χ0) is 14.3. The monoisotopic (exact) mass is 266 g/mol. The first-order chi connectivity index (χ1) is 9.15. The molecule has 0 aliphatic heterocycles. The van der Waals surface area contributed by atoms with Crippen molar-refractivity contribution in [1.82, 2.24) is 0 Å². The molecule has 0 spiro atoms. The zero-order valence-corrected chi connectivity index (χ0v) is 11.3. The molecule has 0 heterocycles. The summed E-state index contributed by atoms with van der Waals surface area (Å²) in [4.78, 5) is 22.7. The van der Waals surface area contributed by atoms with Crippen molar-refractivity contribution in [3.63, 3.8) is 0 Å². The van der Waals surface area contributed by atoms with E-state index in [1.165, 1.54) is 7.11 Å². The molecule has 0 radical (unpaired) electrons. The van der Waals surface area contributed by atoms with Gasteiger partial charge in [-0.05, 0) is 31.5 Å². The Balaban J connectivity index is 2.90. The summed E-state index contributed by atoms with van der Waals surface area (Å²) in [6.45, 7) is 3.84. The molecule has 0 N–H and O–H groups in total. The van der Waals surface area contributed by atoms with Crippen molar-refractivity contribution >= 4 is 12.3 Å². The molecule has 0 bridgehead atoms. The lowest BCUT2D eigenvalue weighted by molar-refractivity contribution is -0.151. The predicted octanol–water partition coefficient (Wildman–Crippen LogP) is 2.23. The highest BCUT2D eigenvalue weighted by Gasteiger charge is 2.21. The summed E-state index contributed by atoms with van der Waals surface area (Å²) in [7, 11) is 1.51. The van der Waals surface area contributed by atoms with Gasteiger partial charge in [-0.1, -0.05) is 6.92 Å². The Morgan fingerprint density at radius 1 is 1.37 bits per heavy atom. The molecule has 1 rings (SSSR count). The number of hydrogen-bond acceptors (Lipinski definition) is 5. The van der Waals surface area contributed by atoms with Crippen molar-refractivity contribution in [3.8, 4) is 11.5 Å². The van der Waals surface area contributed by atoms with Gasteiger partial charge in [0.1, 0.15) is 11.5 Å². The molecule has 0 fully saturated rings. The highest BCUT2D eigenvalue weighted by atomic mass is 16.6. The van der Waals surface area contributed by atoms with E-state index in [2.05, 4.69) is 0 Å². The number of carbonyl (C=O) groups is 2. The van der Waals surface area contributed by atoms with Gasteiger partial charge in [0.15, 0.2) is 12.4 Å². The van der Waals surface area contributed by atoms with Gasteiger partial charge in [0.05, 0.1) is 19.3 Å². The molecule has 0 amide bonds. The Morgan fingerprint density at radius 2 is 2.11 bits per heavy atom. The molecule has 0 aromatic heterocycles. The zero-order valence-electron chi connectivity index (χ0n) is 11.3. The van der Waals surface area contributed by atoms with Crippen LogP contribution in [0.3, 0.4) is 0 Å². The standard InChI is InChI=1S/C14H18O5/c1-4-12(14(16)18-5-2)19-13-7-6-11(17-3)8-10(13)9-15/h6-9,12H,4-5H2,1-3H3. The molecular weight excluding hydrogens is 248 g/mol. The first-order valence-electron chi connectivity index (χ1n) is 6.12. The predicted molar refractivity (Wildman–Crippen MR) is 69.7 cm³/mol. The van der Waals surface area contributed by atoms with Crippen LogP contribution in [0.5, 0.6) is 11.5 Å². The van der Waals surface area contributed by atoms with Crippen LogP contribution in [-0.4, -0.2) is 32.1 Å². The lowest BCUT2D eigenvalue weighted by Crippen LogP contribution is -2.29. The van der Waals surface area contributed by atoms with Crippen LogP contribution in [0.4, 0.5) is 0 Å². The van der Waals surface area contributed by atoms with E-state index < -0.39 is 12.1 Å². The van der Waals surface area contributed by atoms with Crippen LogP contribution in [0, 0.1) is 0 Å². The van der Waals surface area contributed by atoms with E-state index in [0.29, 0.717) is 36.4 Å². The van der Waals surface area contributed by atoms with Crippen LogP contribution in [-0.2, 0) is 9.53 Å². The molecule has 1 atom stereocenters. The SMILES string of the molecule is CCOC(=O)C(CC)Oc1ccc(OC)cc1C=O. The fraction of sp³-hybridized carbons (Fsp3) is 0.429. The number of aldehydes is 1. The topological polar surface area (TPSA) is 61.8 Å². The fourth-order valence-electron chi connectivity index (χ4n) is 1.54. The van der Waals surface area contributed by atoms with Gasteiger partial charge in [0.25, 0.3) is 0 Å². The number of methoxy groups -OCH3 is 1. The normalized spacial score (nSPS) is 11.5. The van der Waals surface area contributed by atoms with Crippen LogP contribution in [0.1, 0.15) is 30.6 Å². The van der Waals surface area contributed by atoms with Crippen LogP contribution < -0.4 is 9.47 Å². The third-order valence-electron chi connectivity index (χ3n) is 2.53. The summed E-state index contributed by atoms with van der Waals surface area (Å²) in [5.41, 5.74) is 0.335. The van der Waals surface area contributed by atoms with Crippen molar-refractivity contribution < 1.29 is 23.8 Å². The van der Waals surface area contributed by atoms with Gasteiger partial charge < -0.3 is 14.2 Å². The van der Waals surface area contributed by atoms with Gasteiger partial charge in [-0.25, -0.2) is 4.79 Å². The van der Waals surface area contributed by atoms with Crippen molar-refractivity contribution in [2.24, 2.45) is 0 Å². The lowest BCUT2D eigenvalue weighted by atomic mass is 10.2. The second-order valence-corrected chi connectivity index (χ2v) is 3.79. The van der Waals surface area contributed by atoms with Gasteiger partial charge in [-0.15, -0.1) is 0 Å². The maximum Gasteiger partial charge on any atom is 0.347 e. The van der Waals surface area contributed by atoms with Crippen LogP contribution >= 0.6 is 0 Å². The molecule has 1 aromatic carbocycles. The van der Waals surface area contributed by atoms with Gasteiger partial charge >= 0.3 is 5.97 Å². The summed E-state index contributed by atoms with van der Waals surface area (Å²) in [6, 6.07) is 4.82. The molecule has 0 saturated heterocycles. The highest BCUT2D eigenvalue weighted by Crippen LogP contribution is 2.24. The van der Waals surface area contributed by atoms with Gasteiger partial charge in [0, 0.05) is 0 Å². The maximum absolute atomic E-state index is 11.6. The average molecular weight is 266 g/mol. The van der Waals surface area contributed by atoms with E-state index in [4.69, 9.17) is 14.2 Å². The quantitative estimate of drug-likeness (QED) is 0.559. The smallest absolute Gasteiger partial charge is 0.347 e. The summed E-state index contributed by atoms with van der Waals surface area (Å²) in [5, 5.41) is 0. The second-order valence-electron chi connectivity index (χ2n) is 3.79. The third-order valence-corrected chi connectivity index (χ3v) is 2.53. The van der Waals surface area contributed by atoms with Gasteiger partial charge in [-0.3, -0.25) is 4.79 Å². The second kappa shape index (κ2) is 7.41. The van der Waals surface area contributed by atoms with Crippen LogP contribution in [0.25, 0.3) is 0 Å². The molecule has 5 heteroatoms. The van der Waals surface area contributed by atoms with Crippen molar-refractivity contribution in [2.75, 3.05) is 13.7 Å². The number of carbonyl (C=O) groups excluding carboxylic acids is 2. The number of hydrogen-bond donors (Lipinski definition) is 0. The van der Waals surface area contributed by atoms with E-state index in [0.717, 1.165) is 0 Å². The summed E-state index contributed by atoms with van der Waals surface area (Å²) in [5.74, 6) is 0.465. The summed E-state index contributed by atoms with van der Waals surface area (Å²) in [6.07, 6.45) is 0.408. The number of rotatable bonds is 7.